The van der Waals surface area contributed by atoms with Gasteiger partial charge in [-0.1, -0.05) is 34.8 Å². The Kier molecular flexibility index (Phi) is 7.54. The van der Waals surface area contributed by atoms with Crippen molar-refractivity contribution in [3.63, 3.8) is 0 Å². The van der Waals surface area contributed by atoms with Gasteiger partial charge in [-0.05, 0) is 31.5 Å². The van der Waals surface area contributed by atoms with Gasteiger partial charge in [0, 0.05) is 12.6 Å². The standard InChI is InChI=1S/C13H16Cl3N3O.ClH/c14-9-4-11(16)12(5-10(9)15)18-13(20)7-19-3-1-2-8(19)6-17;/h4-5,8H,1-3,6-7,17H2,(H,18,20);1H. The van der Waals surface area contributed by atoms with Crippen molar-refractivity contribution < 1.29 is 4.79 Å². The Bertz CT molecular complexity index is 512. The predicted octanol–water partition coefficient (Wildman–Crippen LogP) is 3.43. The summed E-state index contributed by atoms with van der Waals surface area (Å²) in [5.74, 6) is -0.134. The molecule has 0 aliphatic carbocycles. The number of benzene rings is 1. The summed E-state index contributed by atoms with van der Waals surface area (Å²) in [6.07, 6.45) is 2.11. The van der Waals surface area contributed by atoms with Crippen LogP contribution in [0.15, 0.2) is 12.1 Å². The van der Waals surface area contributed by atoms with E-state index in [1.807, 2.05) is 0 Å². The van der Waals surface area contributed by atoms with Crippen LogP contribution in [0.5, 0.6) is 0 Å². The number of rotatable bonds is 4. The van der Waals surface area contributed by atoms with Gasteiger partial charge in [0.15, 0.2) is 0 Å². The summed E-state index contributed by atoms with van der Waals surface area (Å²) in [6.45, 7) is 1.77. The van der Waals surface area contributed by atoms with E-state index in [-0.39, 0.29) is 24.4 Å². The van der Waals surface area contributed by atoms with Gasteiger partial charge in [0.05, 0.1) is 27.3 Å². The Hall–Kier alpha value is -0.230. The predicted molar refractivity (Wildman–Crippen MR) is 91.0 cm³/mol. The zero-order chi connectivity index (χ0) is 14.7. The highest BCUT2D eigenvalue weighted by Crippen LogP contribution is 2.32. The Balaban J connectivity index is 0.00000220. The highest BCUT2D eigenvalue weighted by molar-refractivity contribution is 6.44. The van der Waals surface area contributed by atoms with Crippen LogP contribution < -0.4 is 11.1 Å². The fraction of sp³-hybridized carbons (Fsp3) is 0.462. The lowest BCUT2D eigenvalue weighted by molar-refractivity contribution is -0.117. The molecule has 21 heavy (non-hydrogen) atoms. The molecule has 1 fully saturated rings. The summed E-state index contributed by atoms with van der Waals surface area (Å²) in [6, 6.07) is 3.35. The van der Waals surface area contributed by atoms with Crippen molar-refractivity contribution in [2.45, 2.75) is 18.9 Å². The van der Waals surface area contributed by atoms with Crippen LogP contribution in [0, 0.1) is 0 Å². The average Bonchev–Trinajstić information content (AvgIpc) is 2.83. The average molecular weight is 373 g/mol. The van der Waals surface area contributed by atoms with Gasteiger partial charge in [-0.2, -0.15) is 0 Å². The molecular formula is C13H17Cl4N3O. The number of anilines is 1. The first kappa shape index (κ1) is 18.8. The van der Waals surface area contributed by atoms with E-state index in [0.717, 1.165) is 19.4 Å². The number of nitrogens with zero attached hydrogens (tertiary/aromatic N) is 1. The molecule has 1 aromatic carbocycles. The van der Waals surface area contributed by atoms with E-state index in [9.17, 15) is 4.79 Å². The zero-order valence-corrected chi connectivity index (χ0v) is 14.3. The summed E-state index contributed by atoms with van der Waals surface area (Å²) in [7, 11) is 0. The van der Waals surface area contributed by atoms with Crippen molar-refractivity contribution in [2.75, 3.05) is 25.0 Å². The third-order valence-corrected chi connectivity index (χ3v) is 4.44. The number of amides is 1. The normalized spacial score (nSPS) is 18.4. The van der Waals surface area contributed by atoms with Crippen LogP contribution in [0.25, 0.3) is 0 Å². The van der Waals surface area contributed by atoms with Crippen molar-refractivity contribution in [2.24, 2.45) is 5.73 Å². The largest absolute Gasteiger partial charge is 0.329 e. The first-order valence-corrected chi connectivity index (χ1v) is 7.53. The molecular weight excluding hydrogens is 356 g/mol. The minimum Gasteiger partial charge on any atom is -0.329 e. The number of halogens is 4. The maximum Gasteiger partial charge on any atom is 0.238 e. The van der Waals surface area contributed by atoms with Gasteiger partial charge in [-0.25, -0.2) is 0 Å². The summed E-state index contributed by atoms with van der Waals surface area (Å²) >= 11 is 17.8. The summed E-state index contributed by atoms with van der Waals surface area (Å²) in [5, 5.41) is 3.83. The van der Waals surface area contributed by atoms with E-state index in [1.165, 1.54) is 6.07 Å². The molecule has 1 unspecified atom stereocenters. The number of carbonyl (C=O) groups excluding carboxylic acids is 1. The molecule has 1 heterocycles. The molecule has 3 N–H and O–H groups in total. The molecule has 0 saturated carbocycles. The first-order valence-electron chi connectivity index (χ1n) is 6.39. The maximum absolute atomic E-state index is 12.1. The molecule has 2 rings (SSSR count). The lowest BCUT2D eigenvalue weighted by Gasteiger charge is -2.22. The maximum atomic E-state index is 12.1. The van der Waals surface area contributed by atoms with Crippen LogP contribution in [0.3, 0.4) is 0 Å². The second-order valence-electron chi connectivity index (χ2n) is 4.80. The fourth-order valence-electron chi connectivity index (χ4n) is 2.36. The van der Waals surface area contributed by atoms with Crippen LogP contribution >= 0.6 is 47.2 Å². The lowest BCUT2D eigenvalue weighted by Crippen LogP contribution is -2.40. The molecule has 0 radical (unpaired) electrons. The number of likely N-dealkylation sites (tertiary alicyclic amines) is 1. The van der Waals surface area contributed by atoms with Gasteiger partial charge in [-0.3, -0.25) is 9.69 Å². The molecule has 1 aromatic rings. The molecule has 4 nitrogen and oxygen atoms in total. The second-order valence-corrected chi connectivity index (χ2v) is 6.02. The van der Waals surface area contributed by atoms with Crippen molar-refractivity contribution >= 4 is 58.8 Å². The molecule has 1 saturated heterocycles. The van der Waals surface area contributed by atoms with E-state index < -0.39 is 0 Å². The molecule has 0 aromatic heterocycles. The van der Waals surface area contributed by atoms with Crippen LogP contribution in [0.2, 0.25) is 15.1 Å². The third kappa shape index (κ3) is 4.88. The zero-order valence-electron chi connectivity index (χ0n) is 11.2. The number of nitrogens with one attached hydrogen (secondary N) is 1. The quantitative estimate of drug-likeness (QED) is 0.796. The topological polar surface area (TPSA) is 58.4 Å². The molecule has 0 bridgehead atoms. The minimum absolute atomic E-state index is 0. The molecule has 1 aliphatic heterocycles. The van der Waals surface area contributed by atoms with E-state index in [2.05, 4.69) is 10.2 Å². The number of carbonyl (C=O) groups is 1. The number of nitrogens with two attached hydrogens (primary N) is 1. The van der Waals surface area contributed by atoms with E-state index in [1.54, 1.807) is 6.07 Å². The monoisotopic (exact) mass is 371 g/mol. The Labute approximate surface area is 145 Å². The molecule has 1 aliphatic rings. The molecule has 1 atom stereocenters. The van der Waals surface area contributed by atoms with Gasteiger partial charge in [0.1, 0.15) is 0 Å². The first-order chi connectivity index (χ1) is 9.51. The molecule has 1 amide bonds. The van der Waals surface area contributed by atoms with Gasteiger partial charge in [-0.15, -0.1) is 12.4 Å². The van der Waals surface area contributed by atoms with E-state index >= 15 is 0 Å². The summed E-state index contributed by atoms with van der Waals surface area (Å²) < 4.78 is 0. The van der Waals surface area contributed by atoms with Crippen molar-refractivity contribution in [3.8, 4) is 0 Å². The summed E-state index contributed by atoms with van der Waals surface area (Å²) in [5.41, 5.74) is 6.15. The molecule has 118 valence electrons. The van der Waals surface area contributed by atoms with E-state index in [0.29, 0.717) is 33.8 Å². The van der Waals surface area contributed by atoms with Gasteiger partial charge in [0.2, 0.25) is 5.91 Å². The van der Waals surface area contributed by atoms with Crippen LogP contribution in [0.4, 0.5) is 5.69 Å². The van der Waals surface area contributed by atoms with E-state index in [4.69, 9.17) is 40.5 Å². The fourth-order valence-corrected chi connectivity index (χ4v) is 2.96. The number of hydrogen-bond acceptors (Lipinski definition) is 3. The minimum atomic E-state index is -0.134. The Morgan fingerprint density at radius 3 is 2.62 bits per heavy atom. The van der Waals surface area contributed by atoms with Crippen LogP contribution in [-0.4, -0.2) is 36.5 Å². The van der Waals surface area contributed by atoms with Crippen LogP contribution in [-0.2, 0) is 4.79 Å². The smallest absolute Gasteiger partial charge is 0.238 e. The molecule has 8 heteroatoms. The highest BCUT2D eigenvalue weighted by Gasteiger charge is 2.25. The lowest BCUT2D eigenvalue weighted by atomic mass is 10.2. The Morgan fingerprint density at radius 1 is 1.29 bits per heavy atom. The van der Waals surface area contributed by atoms with Crippen molar-refractivity contribution in [1.29, 1.82) is 0 Å². The van der Waals surface area contributed by atoms with Crippen LogP contribution in [0.1, 0.15) is 12.8 Å². The second kappa shape index (κ2) is 8.42. The summed E-state index contributed by atoms with van der Waals surface area (Å²) in [4.78, 5) is 14.1. The molecule has 0 spiro atoms. The number of hydrogen-bond donors (Lipinski definition) is 2. The van der Waals surface area contributed by atoms with Gasteiger partial charge >= 0.3 is 0 Å². The van der Waals surface area contributed by atoms with Crippen molar-refractivity contribution in [1.82, 2.24) is 4.90 Å². The van der Waals surface area contributed by atoms with Gasteiger partial charge < -0.3 is 11.1 Å². The third-order valence-electron chi connectivity index (χ3n) is 3.40. The highest BCUT2D eigenvalue weighted by atomic mass is 35.5. The Morgan fingerprint density at radius 2 is 1.95 bits per heavy atom. The van der Waals surface area contributed by atoms with Gasteiger partial charge in [0.25, 0.3) is 0 Å². The SMILES string of the molecule is Cl.NCC1CCCN1CC(=O)Nc1cc(Cl)c(Cl)cc1Cl. The van der Waals surface area contributed by atoms with Crippen molar-refractivity contribution in [3.05, 3.63) is 27.2 Å².